The molecular formula is C15H20N4O. The molecule has 2 N–H and O–H groups in total. The summed E-state index contributed by atoms with van der Waals surface area (Å²) >= 11 is 0. The van der Waals surface area contributed by atoms with E-state index in [0.29, 0.717) is 11.4 Å². The zero-order valence-corrected chi connectivity index (χ0v) is 11.9. The van der Waals surface area contributed by atoms with Crippen molar-refractivity contribution in [1.82, 2.24) is 14.7 Å². The molecule has 0 spiro atoms. The minimum atomic E-state index is -0.0632. The van der Waals surface area contributed by atoms with Gasteiger partial charge < -0.3 is 10.6 Å². The number of nitrogen functional groups attached to an aromatic ring is 1. The Morgan fingerprint density at radius 3 is 2.80 bits per heavy atom. The van der Waals surface area contributed by atoms with Crippen LogP contribution in [-0.2, 0) is 0 Å². The number of rotatable bonds is 5. The minimum Gasteiger partial charge on any atom is -0.397 e. The van der Waals surface area contributed by atoms with Crippen molar-refractivity contribution in [2.75, 3.05) is 19.3 Å². The van der Waals surface area contributed by atoms with Crippen LogP contribution >= 0.6 is 0 Å². The van der Waals surface area contributed by atoms with Crippen molar-refractivity contribution in [2.45, 2.75) is 19.8 Å². The molecule has 0 radical (unpaired) electrons. The van der Waals surface area contributed by atoms with E-state index in [0.717, 1.165) is 25.1 Å². The molecule has 2 aromatic rings. The topological polar surface area (TPSA) is 64.2 Å². The summed E-state index contributed by atoms with van der Waals surface area (Å²) in [5.41, 5.74) is 7.76. The van der Waals surface area contributed by atoms with Gasteiger partial charge in [0.1, 0.15) is 0 Å². The van der Waals surface area contributed by atoms with Crippen LogP contribution in [0.3, 0.4) is 0 Å². The number of amides is 1. The van der Waals surface area contributed by atoms with Gasteiger partial charge >= 0.3 is 0 Å². The Morgan fingerprint density at radius 1 is 1.35 bits per heavy atom. The fraction of sp³-hybridized carbons (Fsp3) is 0.333. The quantitative estimate of drug-likeness (QED) is 0.850. The lowest BCUT2D eigenvalue weighted by Crippen LogP contribution is -2.28. The maximum absolute atomic E-state index is 12.2. The third-order valence-electron chi connectivity index (χ3n) is 3.19. The number of para-hydroxylation sites is 2. The second-order valence-corrected chi connectivity index (χ2v) is 4.78. The van der Waals surface area contributed by atoms with E-state index in [1.54, 1.807) is 28.9 Å². The summed E-state index contributed by atoms with van der Waals surface area (Å²) in [5.74, 6) is -0.0632. The highest BCUT2D eigenvalue weighted by molar-refractivity contribution is 5.92. The molecule has 5 heteroatoms. The minimum absolute atomic E-state index is 0.0632. The Balaban J connectivity index is 2.17. The fourth-order valence-electron chi connectivity index (χ4n) is 1.96. The largest absolute Gasteiger partial charge is 0.397 e. The van der Waals surface area contributed by atoms with E-state index >= 15 is 0 Å². The van der Waals surface area contributed by atoms with Gasteiger partial charge in [0.2, 0.25) is 0 Å². The molecule has 0 saturated heterocycles. The smallest absolute Gasteiger partial charge is 0.274 e. The second-order valence-electron chi connectivity index (χ2n) is 4.78. The molecule has 106 valence electrons. The van der Waals surface area contributed by atoms with Gasteiger partial charge in [-0.05, 0) is 24.6 Å². The molecule has 20 heavy (non-hydrogen) atoms. The van der Waals surface area contributed by atoms with Crippen LogP contribution in [0.2, 0.25) is 0 Å². The van der Waals surface area contributed by atoms with Gasteiger partial charge in [-0.3, -0.25) is 4.79 Å². The number of unbranched alkanes of at least 4 members (excludes halogenated alkanes) is 1. The third-order valence-corrected chi connectivity index (χ3v) is 3.19. The predicted octanol–water partition coefficient (Wildman–Crippen LogP) is 2.33. The fourth-order valence-corrected chi connectivity index (χ4v) is 1.96. The summed E-state index contributed by atoms with van der Waals surface area (Å²) in [6.45, 7) is 2.85. The molecule has 0 unspecified atom stereocenters. The number of aromatic nitrogens is 2. The van der Waals surface area contributed by atoms with E-state index < -0.39 is 0 Å². The highest BCUT2D eigenvalue weighted by atomic mass is 16.2. The van der Waals surface area contributed by atoms with Gasteiger partial charge in [-0.2, -0.15) is 5.10 Å². The first-order chi connectivity index (χ1) is 9.63. The lowest BCUT2D eigenvalue weighted by molar-refractivity contribution is 0.0787. The second kappa shape index (κ2) is 6.23. The van der Waals surface area contributed by atoms with E-state index in [1.165, 1.54) is 0 Å². The molecule has 1 heterocycles. The summed E-state index contributed by atoms with van der Waals surface area (Å²) in [6, 6.07) is 9.16. The molecule has 0 aliphatic rings. The number of carbonyl (C=O) groups excluding carboxylic acids is 1. The first-order valence-corrected chi connectivity index (χ1v) is 6.79. The summed E-state index contributed by atoms with van der Waals surface area (Å²) in [5, 5.41) is 4.32. The zero-order chi connectivity index (χ0) is 14.5. The van der Waals surface area contributed by atoms with Crippen LogP contribution in [0.15, 0.2) is 36.5 Å². The van der Waals surface area contributed by atoms with Crippen molar-refractivity contribution in [1.29, 1.82) is 0 Å². The SMILES string of the molecule is CCCCN(C)C(=O)c1ccn(-c2ccccc2N)n1. The number of nitrogens with two attached hydrogens (primary N) is 1. The Kier molecular flexibility index (Phi) is 4.40. The van der Waals surface area contributed by atoms with Crippen LogP contribution in [0.1, 0.15) is 30.3 Å². The first-order valence-electron chi connectivity index (χ1n) is 6.79. The Hall–Kier alpha value is -2.30. The molecule has 0 atom stereocenters. The molecule has 0 saturated carbocycles. The molecule has 0 fully saturated rings. The summed E-state index contributed by atoms with van der Waals surface area (Å²) in [4.78, 5) is 13.9. The number of carbonyl (C=O) groups is 1. The van der Waals surface area contributed by atoms with E-state index in [9.17, 15) is 4.79 Å². The average molecular weight is 272 g/mol. The molecule has 5 nitrogen and oxygen atoms in total. The highest BCUT2D eigenvalue weighted by Gasteiger charge is 2.15. The molecule has 0 aliphatic carbocycles. The molecule has 1 aromatic carbocycles. The number of benzene rings is 1. The van der Waals surface area contributed by atoms with Crippen LogP contribution < -0.4 is 5.73 Å². The van der Waals surface area contributed by atoms with Gasteiger partial charge in [0.25, 0.3) is 5.91 Å². The molecular weight excluding hydrogens is 252 g/mol. The normalized spacial score (nSPS) is 10.5. The van der Waals surface area contributed by atoms with Crippen LogP contribution in [0.4, 0.5) is 5.69 Å². The van der Waals surface area contributed by atoms with Crippen LogP contribution in [0.25, 0.3) is 5.69 Å². The maximum Gasteiger partial charge on any atom is 0.274 e. The van der Waals surface area contributed by atoms with Crippen molar-refractivity contribution < 1.29 is 4.79 Å². The lowest BCUT2D eigenvalue weighted by Gasteiger charge is -2.14. The Labute approximate surface area is 119 Å². The molecule has 0 bridgehead atoms. The van der Waals surface area contributed by atoms with Crippen LogP contribution in [0.5, 0.6) is 0 Å². The van der Waals surface area contributed by atoms with Crippen molar-refractivity contribution in [2.24, 2.45) is 0 Å². The summed E-state index contributed by atoms with van der Waals surface area (Å²) in [6.07, 6.45) is 3.81. The van der Waals surface area contributed by atoms with Gasteiger partial charge in [-0.25, -0.2) is 4.68 Å². The summed E-state index contributed by atoms with van der Waals surface area (Å²) in [7, 11) is 1.80. The van der Waals surface area contributed by atoms with Crippen molar-refractivity contribution in [3.8, 4) is 5.69 Å². The zero-order valence-electron chi connectivity index (χ0n) is 11.9. The number of hydrogen-bond donors (Lipinski definition) is 1. The third kappa shape index (κ3) is 2.99. The summed E-state index contributed by atoms with van der Waals surface area (Å²) < 4.78 is 1.64. The Morgan fingerprint density at radius 2 is 2.10 bits per heavy atom. The maximum atomic E-state index is 12.2. The van der Waals surface area contributed by atoms with E-state index in [-0.39, 0.29) is 5.91 Å². The number of nitrogens with zero attached hydrogens (tertiary/aromatic N) is 3. The monoisotopic (exact) mass is 272 g/mol. The predicted molar refractivity (Wildman–Crippen MR) is 79.8 cm³/mol. The van der Waals surface area contributed by atoms with Gasteiger partial charge in [0, 0.05) is 19.8 Å². The van der Waals surface area contributed by atoms with E-state index in [4.69, 9.17) is 5.73 Å². The molecule has 0 aliphatic heterocycles. The Bertz CT molecular complexity index is 591. The average Bonchev–Trinajstić information content (AvgIpc) is 2.94. The van der Waals surface area contributed by atoms with Gasteiger partial charge in [0.05, 0.1) is 11.4 Å². The van der Waals surface area contributed by atoms with Gasteiger partial charge in [-0.1, -0.05) is 25.5 Å². The molecule has 1 aromatic heterocycles. The first kappa shape index (κ1) is 14.1. The number of anilines is 1. The van der Waals surface area contributed by atoms with Crippen molar-refractivity contribution in [3.05, 3.63) is 42.2 Å². The number of hydrogen-bond acceptors (Lipinski definition) is 3. The van der Waals surface area contributed by atoms with Gasteiger partial charge in [0.15, 0.2) is 5.69 Å². The van der Waals surface area contributed by atoms with Crippen LogP contribution in [0, 0.1) is 0 Å². The molecule has 2 rings (SSSR count). The van der Waals surface area contributed by atoms with Crippen molar-refractivity contribution >= 4 is 11.6 Å². The van der Waals surface area contributed by atoms with Gasteiger partial charge in [-0.15, -0.1) is 0 Å². The molecule has 1 amide bonds. The highest BCUT2D eigenvalue weighted by Crippen LogP contribution is 2.16. The standard InChI is InChI=1S/C15H20N4O/c1-3-4-10-18(2)15(20)13-9-11-19(17-13)14-8-6-5-7-12(14)16/h5-9,11H,3-4,10,16H2,1-2H3. The van der Waals surface area contributed by atoms with E-state index in [2.05, 4.69) is 12.0 Å². The lowest BCUT2D eigenvalue weighted by atomic mass is 10.3. The van der Waals surface area contributed by atoms with E-state index in [1.807, 2.05) is 24.3 Å². The van der Waals surface area contributed by atoms with Crippen molar-refractivity contribution in [3.63, 3.8) is 0 Å². The van der Waals surface area contributed by atoms with Crippen LogP contribution in [-0.4, -0.2) is 34.2 Å².